The van der Waals surface area contributed by atoms with Crippen LogP contribution in [0.1, 0.15) is 22.3 Å². The first-order valence-corrected chi connectivity index (χ1v) is 16.0. The van der Waals surface area contributed by atoms with Crippen LogP contribution in [0.5, 0.6) is 23.0 Å². The first kappa shape index (κ1) is 30.0. The summed E-state index contributed by atoms with van der Waals surface area (Å²) in [5, 5.41) is 2.07. The van der Waals surface area contributed by atoms with Gasteiger partial charge in [0.1, 0.15) is 35.7 Å². The normalized spacial score (nSPS) is 11.3. The van der Waals surface area contributed by atoms with Gasteiger partial charge in [0.05, 0.1) is 22.4 Å². The smallest absolute Gasteiger partial charge is 0.237 e. The van der Waals surface area contributed by atoms with E-state index in [0.29, 0.717) is 17.4 Å². The summed E-state index contributed by atoms with van der Waals surface area (Å²) >= 11 is 0. The molecule has 0 fully saturated rings. The van der Waals surface area contributed by atoms with Gasteiger partial charge in [0.2, 0.25) is 5.95 Å². The third-order valence-corrected chi connectivity index (χ3v) is 8.64. The number of rotatable bonds is 7. The van der Waals surface area contributed by atoms with Crippen LogP contribution in [0, 0.1) is 27.7 Å². The summed E-state index contributed by atoms with van der Waals surface area (Å²) in [5.74, 6) is 3.40. The van der Waals surface area contributed by atoms with Gasteiger partial charge in [-0.15, -0.1) is 0 Å². The van der Waals surface area contributed by atoms with E-state index >= 15 is 0 Å². The molecule has 0 saturated carbocycles. The summed E-state index contributed by atoms with van der Waals surface area (Å²) in [6.45, 7) is 8.21. The van der Waals surface area contributed by atoms with Crippen molar-refractivity contribution in [3.05, 3.63) is 144 Å². The van der Waals surface area contributed by atoms with Crippen LogP contribution in [0.25, 0.3) is 50.3 Å². The van der Waals surface area contributed by atoms with Gasteiger partial charge in [-0.25, -0.2) is 15.0 Å². The lowest BCUT2D eigenvalue weighted by Crippen LogP contribution is -2.01. The fourth-order valence-electron chi connectivity index (χ4n) is 6.05. The number of nitrogens with zero attached hydrogens (tertiary/aromatic N) is 6. The van der Waals surface area contributed by atoms with Crippen LogP contribution in [-0.2, 0) is 0 Å². The van der Waals surface area contributed by atoms with Crippen molar-refractivity contribution in [3.63, 3.8) is 0 Å². The van der Waals surface area contributed by atoms with E-state index in [-0.39, 0.29) is 0 Å². The van der Waals surface area contributed by atoms with Crippen LogP contribution < -0.4 is 9.47 Å². The fraction of sp³-hybridized carbons (Fsp3) is 0.0976. The molecule has 0 amide bonds. The number of aryl methyl sites for hydroxylation is 4. The minimum absolute atomic E-state index is 0.497. The molecule has 0 aliphatic carbocycles. The molecule has 8 rings (SSSR count). The molecule has 0 unspecified atom stereocenters. The molecule has 238 valence electrons. The van der Waals surface area contributed by atoms with E-state index in [0.717, 1.165) is 78.1 Å². The van der Waals surface area contributed by atoms with E-state index < -0.39 is 0 Å². The monoisotopic (exact) mass is 640 g/mol. The highest BCUT2D eigenvalue weighted by molar-refractivity contribution is 6.09. The zero-order valence-electron chi connectivity index (χ0n) is 27.5. The highest BCUT2D eigenvalue weighted by Crippen LogP contribution is 2.39. The minimum atomic E-state index is 0.497. The van der Waals surface area contributed by atoms with Crippen molar-refractivity contribution in [1.82, 2.24) is 29.5 Å². The number of benzene rings is 4. The Kier molecular flexibility index (Phi) is 7.53. The minimum Gasteiger partial charge on any atom is -0.457 e. The summed E-state index contributed by atoms with van der Waals surface area (Å²) in [6.07, 6.45) is 6.67. The Balaban J connectivity index is 1.20. The van der Waals surface area contributed by atoms with E-state index in [2.05, 4.69) is 87.3 Å². The van der Waals surface area contributed by atoms with Gasteiger partial charge in [0.25, 0.3) is 0 Å². The molecule has 4 heterocycles. The third-order valence-electron chi connectivity index (χ3n) is 8.64. The molecule has 8 heteroatoms. The van der Waals surface area contributed by atoms with Crippen molar-refractivity contribution < 1.29 is 9.47 Å². The largest absolute Gasteiger partial charge is 0.457 e. The molecular formula is C41H32N6O2. The Labute approximate surface area is 283 Å². The molecule has 8 aromatic rings. The zero-order valence-corrected chi connectivity index (χ0v) is 27.5. The van der Waals surface area contributed by atoms with Gasteiger partial charge in [0, 0.05) is 46.4 Å². The number of aromatic nitrogens is 6. The van der Waals surface area contributed by atoms with Crippen molar-refractivity contribution in [2.24, 2.45) is 0 Å². The van der Waals surface area contributed by atoms with Crippen LogP contribution >= 0.6 is 0 Å². The van der Waals surface area contributed by atoms with Gasteiger partial charge in [-0.05, 0) is 111 Å². The molecule has 0 aliphatic rings. The molecule has 0 saturated heterocycles. The van der Waals surface area contributed by atoms with E-state index in [1.807, 2.05) is 79.3 Å². The van der Waals surface area contributed by atoms with Gasteiger partial charge >= 0.3 is 0 Å². The van der Waals surface area contributed by atoms with E-state index in [1.54, 1.807) is 0 Å². The number of ether oxygens (including phenoxy) is 2. The Morgan fingerprint density at radius 3 is 1.45 bits per heavy atom. The van der Waals surface area contributed by atoms with Crippen LogP contribution in [0.3, 0.4) is 0 Å². The Morgan fingerprint density at radius 2 is 0.980 bits per heavy atom. The first-order valence-electron chi connectivity index (χ1n) is 16.0. The van der Waals surface area contributed by atoms with Crippen LogP contribution in [0.15, 0.2) is 122 Å². The summed E-state index contributed by atoms with van der Waals surface area (Å²) < 4.78 is 15.1. The predicted molar refractivity (Wildman–Crippen MR) is 193 cm³/mol. The molecule has 0 aliphatic heterocycles. The number of hydrogen-bond acceptors (Lipinski definition) is 7. The maximum Gasteiger partial charge on any atom is 0.237 e. The fourth-order valence-corrected chi connectivity index (χ4v) is 6.05. The Hall–Kier alpha value is -6.41. The molecule has 0 radical (unpaired) electrons. The second-order valence-corrected chi connectivity index (χ2v) is 12.2. The number of hydrogen-bond donors (Lipinski definition) is 0. The lowest BCUT2D eigenvalue weighted by atomic mass is 10.1. The van der Waals surface area contributed by atoms with Gasteiger partial charge in [-0.3, -0.25) is 14.5 Å². The van der Waals surface area contributed by atoms with Crippen molar-refractivity contribution in [3.8, 4) is 51.5 Å². The lowest BCUT2D eigenvalue weighted by molar-refractivity contribution is 0.479. The van der Waals surface area contributed by atoms with Crippen molar-refractivity contribution in [2.75, 3.05) is 0 Å². The van der Waals surface area contributed by atoms with E-state index in [4.69, 9.17) is 9.47 Å². The number of pyridine rings is 2. The van der Waals surface area contributed by atoms with Gasteiger partial charge < -0.3 is 9.47 Å². The van der Waals surface area contributed by atoms with Gasteiger partial charge in [-0.2, -0.15) is 0 Å². The summed E-state index contributed by atoms with van der Waals surface area (Å²) in [5.41, 5.74) is 9.94. The Bertz CT molecular complexity index is 2350. The Morgan fingerprint density at radius 1 is 0.490 bits per heavy atom. The van der Waals surface area contributed by atoms with Gasteiger partial charge in [-0.1, -0.05) is 24.3 Å². The molecule has 4 aromatic heterocycles. The lowest BCUT2D eigenvalue weighted by Gasteiger charge is -2.12. The zero-order chi connectivity index (χ0) is 33.5. The highest BCUT2D eigenvalue weighted by Gasteiger charge is 2.17. The predicted octanol–water partition coefficient (Wildman–Crippen LogP) is 9.91. The number of fused-ring (bicyclic) bond motifs is 3. The third kappa shape index (κ3) is 5.85. The summed E-state index contributed by atoms with van der Waals surface area (Å²) in [4.78, 5) is 22.3. The highest BCUT2D eigenvalue weighted by atomic mass is 16.5. The molecule has 0 spiro atoms. The summed E-state index contributed by atoms with van der Waals surface area (Å²) in [6, 6.07) is 32.7. The molecule has 0 bridgehead atoms. The maximum absolute atomic E-state index is 6.54. The summed E-state index contributed by atoms with van der Waals surface area (Å²) in [7, 11) is 0. The van der Waals surface area contributed by atoms with Crippen molar-refractivity contribution in [2.45, 2.75) is 27.7 Å². The van der Waals surface area contributed by atoms with Crippen LogP contribution in [0.2, 0.25) is 0 Å². The molecule has 0 atom stereocenters. The average Bonchev–Trinajstić information content (AvgIpc) is 3.43. The van der Waals surface area contributed by atoms with Crippen LogP contribution in [0.4, 0.5) is 0 Å². The molecular weight excluding hydrogens is 608 g/mol. The van der Waals surface area contributed by atoms with Gasteiger partial charge in [0.15, 0.2) is 0 Å². The van der Waals surface area contributed by atoms with Crippen molar-refractivity contribution >= 4 is 21.8 Å². The maximum atomic E-state index is 6.54. The van der Waals surface area contributed by atoms with Crippen molar-refractivity contribution in [1.29, 1.82) is 0 Å². The first-order chi connectivity index (χ1) is 23.9. The van der Waals surface area contributed by atoms with Crippen LogP contribution in [-0.4, -0.2) is 29.5 Å². The SMILES string of the molecule is Cc1ccnc(-c2ccc(C)c(Oc3ccc4c5ccc(Oc6cc(-c7cc(C)ccn7)ccc6C)cc5n(-c5ncncn5)c4c3)c2)c1. The standard InChI is InChI=1S/C41H32N6O2/c1-25-13-15-43-35(17-25)29-7-5-27(3)39(19-29)48-31-9-11-33-34-12-10-32(22-38(34)47(37(33)21-31)41-45-23-42-24-46-41)49-40-20-30(8-6-28(40)4)36-18-26(2)14-16-44-36/h5-24H,1-4H3. The second kappa shape index (κ2) is 12.3. The molecule has 49 heavy (non-hydrogen) atoms. The van der Waals surface area contributed by atoms with E-state index in [1.165, 1.54) is 12.7 Å². The molecule has 4 aromatic carbocycles. The molecule has 8 nitrogen and oxygen atoms in total. The van der Waals surface area contributed by atoms with E-state index in [9.17, 15) is 0 Å². The average molecular weight is 641 g/mol. The second-order valence-electron chi connectivity index (χ2n) is 12.2. The topological polar surface area (TPSA) is 87.8 Å². The quantitative estimate of drug-likeness (QED) is 0.171. The molecule has 0 N–H and O–H groups in total.